The zero-order chi connectivity index (χ0) is 13.1. The summed E-state index contributed by atoms with van der Waals surface area (Å²) in [6, 6.07) is 4.36. The molecule has 0 fully saturated rings. The predicted molar refractivity (Wildman–Crippen MR) is 67.5 cm³/mol. The van der Waals surface area contributed by atoms with E-state index < -0.39 is 10.0 Å². The summed E-state index contributed by atoms with van der Waals surface area (Å²) in [6.45, 7) is 2.30. The fourth-order valence-electron chi connectivity index (χ4n) is 1.24. The lowest BCUT2D eigenvalue weighted by molar-refractivity contribution is 0.0915. The van der Waals surface area contributed by atoms with Crippen LogP contribution in [0.5, 0.6) is 5.75 Å². The molecule has 0 heterocycles. The van der Waals surface area contributed by atoms with E-state index in [4.69, 9.17) is 14.6 Å². The zero-order valence-corrected chi connectivity index (χ0v) is 11.9. The van der Waals surface area contributed by atoms with E-state index in [1.54, 1.807) is 13.2 Å². The molecule has 1 aromatic rings. The third-order valence-electron chi connectivity index (χ3n) is 1.96. The molecule has 17 heavy (non-hydrogen) atoms. The number of hydrogen-bond donors (Lipinski definition) is 1. The van der Waals surface area contributed by atoms with Gasteiger partial charge >= 0.3 is 0 Å². The highest BCUT2D eigenvalue weighted by molar-refractivity contribution is 9.10. The highest BCUT2D eigenvalue weighted by Gasteiger charge is 2.12. The monoisotopic (exact) mass is 323 g/mol. The Morgan fingerprint density at radius 1 is 1.47 bits per heavy atom. The molecule has 0 saturated heterocycles. The van der Waals surface area contributed by atoms with Gasteiger partial charge in [0, 0.05) is 7.11 Å². The normalized spacial score (nSPS) is 13.4. The van der Waals surface area contributed by atoms with E-state index >= 15 is 0 Å². The molecule has 96 valence electrons. The van der Waals surface area contributed by atoms with E-state index in [9.17, 15) is 8.42 Å². The van der Waals surface area contributed by atoms with Crippen molar-refractivity contribution in [3.05, 3.63) is 22.7 Å². The first kappa shape index (κ1) is 14.4. The summed E-state index contributed by atoms with van der Waals surface area (Å²) in [5, 5.41) is 5.02. The fourth-order valence-corrected chi connectivity index (χ4v) is 2.40. The number of rotatable bonds is 5. The lowest BCUT2D eigenvalue weighted by atomic mass is 10.3. The molecule has 0 saturated carbocycles. The van der Waals surface area contributed by atoms with Crippen LogP contribution in [0.1, 0.15) is 6.92 Å². The van der Waals surface area contributed by atoms with Crippen molar-refractivity contribution in [3.8, 4) is 5.75 Å². The number of methoxy groups -OCH3 is 1. The van der Waals surface area contributed by atoms with Gasteiger partial charge in [-0.15, -0.1) is 0 Å². The number of ether oxygens (including phenoxy) is 2. The molecule has 2 N–H and O–H groups in total. The topological polar surface area (TPSA) is 78.6 Å². The summed E-state index contributed by atoms with van der Waals surface area (Å²) < 4.78 is 33.3. The number of primary sulfonamides is 1. The minimum absolute atomic E-state index is 0.0381. The number of nitrogens with two attached hydrogens (primary N) is 1. The van der Waals surface area contributed by atoms with Gasteiger partial charge in [-0.25, -0.2) is 13.6 Å². The molecule has 0 aromatic heterocycles. The Balaban J connectivity index is 2.91. The average molecular weight is 324 g/mol. The largest absolute Gasteiger partial charge is 0.487 e. The molecule has 0 radical (unpaired) electrons. The van der Waals surface area contributed by atoms with Crippen LogP contribution in [-0.4, -0.2) is 28.2 Å². The van der Waals surface area contributed by atoms with Crippen LogP contribution in [0.3, 0.4) is 0 Å². The molecular weight excluding hydrogens is 310 g/mol. The van der Waals surface area contributed by atoms with E-state index in [0.29, 0.717) is 16.8 Å². The van der Waals surface area contributed by atoms with Crippen molar-refractivity contribution in [2.24, 2.45) is 5.14 Å². The number of benzene rings is 1. The van der Waals surface area contributed by atoms with Crippen molar-refractivity contribution in [3.63, 3.8) is 0 Å². The molecule has 5 nitrogen and oxygen atoms in total. The first-order chi connectivity index (χ1) is 7.84. The summed E-state index contributed by atoms with van der Waals surface area (Å²) in [5.41, 5.74) is 0. The van der Waals surface area contributed by atoms with Gasteiger partial charge in [-0.1, -0.05) is 0 Å². The summed E-state index contributed by atoms with van der Waals surface area (Å²) in [5.74, 6) is 0.543. The van der Waals surface area contributed by atoms with Gasteiger partial charge < -0.3 is 9.47 Å². The van der Waals surface area contributed by atoms with Gasteiger partial charge in [0.2, 0.25) is 10.0 Å². The molecular formula is C10H14BrNO4S. The van der Waals surface area contributed by atoms with E-state index in [-0.39, 0.29) is 11.0 Å². The van der Waals surface area contributed by atoms with Crippen LogP contribution in [0.25, 0.3) is 0 Å². The van der Waals surface area contributed by atoms with Gasteiger partial charge in [0.1, 0.15) is 11.9 Å². The van der Waals surface area contributed by atoms with Crippen LogP contribution in [-0.2, 0) is 14.8 Å². The van der Waals surface area contributed by atoms with Gasteiger partial charge in [-0.3, -0.25) is 0 Å². The Morgan fingerprint density at radius 3 is 2.59 bits per heavy atom. The summed E-state index contributed by atoms with van der Waals surface area (Å²) in [4.78, 5) is 0.0381. The maximum Gasteiger partial charge on any atom is 0.238 e. The molecule has 0 amide bonds. The Morgan fingerprint density at radius 2 is 2.12 bits per heavy atom. The number of hydrogen-bond acceptors (Lipinski definition) is 4. The second-order valence-electron chi connectivity index (χ2n) is 3.52. The van der Waals surface area contributed by atoms with Crippen molar-refractivity contribution in [2.75, 3.05) is 13.7 Å². The smallest absolute Gasteiger partial charge is 0.238 e. The number of sulfonamides is 1. The highest BCUT2D eigenvalue weighted by Crippen LogP contribution is 2.28. The molecule has 0 aliphatic carbocycles. The minimum atomic E-state index is -3.69. The molecule has 1 unspecified atom stereocenters. The van der Waals surface area contributed by atoms with Gasteiger partial charge in [-0.2, -0.15) is 0 Å². The summed E-state index contributed by atoms with van der Waals surface area (Å²) in [7, 11) is -2.11. The summed E-state index contributed by atoms with van der Waals surface area (Å²) in [6.07, 6.45) is -0.128. The van der Waals surface area contributed by atoms with Crippen LogP contribution in [0.4, 0.5) is 0 Å². The molecule has 0 spiro atoms. The van der Waals surface area contributed by atoms with Gasteiger partial charge in [-0.05, 0) is 41.1 Å². The van der Waals surface area contributed by atoms with Crippen LogP contribution in [0.2, 0.25) is 0 Å². The Hall–Kier alpha value is -0.630. The van der Waals surface area contributed by atoms with Crippen molar-refractivity contribution < 1.29 is 17.9 Å². The Labute approximate surface area is 109 Å². The molecule has 0 aliphatic rings. The van der Waals surface area contributed by atoms with Crippen LogP contribution in [0, 0.1) is 0 Å². The van der Waals surface area contributed by atoms with Crippen LogP contribution < -0.4 is 9.88 Å². The molecule has 7 heteroatoms. The lowest BCUT2D eigenvalue weighted by Crippen LogP contribution is -2.18. The van der Waals surface area contributed by atoms with Crippen molar-refractivity contribution >= 4 is 26.0 Å². The minimum Gasteiger partial charge on any atom is -0.487 e. The molecule has 1 rings (SSSR count). The van der Waals surface area contributed by atoms with E-state index in [0.717, 1.165) is 0 Å². The average Bonchev–Trinajstić information content (AvgIpc) is 2.20. The van der Waals surface area contributed by atoms with Crippen molar-refractivity contribution in [1.29, 1.82) is 0 Å². The van der Waals surface area contributed by atoms with Gasteiger partial charge in [0.25, 0.3) is 0 Å². The van der Waals surface area contributed by atoms with Gasteiger partial charge in [0.15, 0.2) is 0 Å². The van der Waals surface area contributed by atoms with E-state index in [1.807, 2.05) is 6.92 Å². The molecule has 1 aromatic carbocycles. The zero-order valence-electron chi connectivity index (χ0n) is 9.51. The van der Waals surface area contributed by atoms with Gasteiger partial charge in [0.05, 0.1) is 16.0 Å². The maximum absolute atomic E-state index is 11.1. The molecule has 0 aliphatic heterocycles. The number of halogens is 1. The van der Waals surface area contributed by atoms with Crippen LogP contribution in [0.15, 0.2) is 27.6 Å². The SMILES string of the molecule is COCC(C)Oc1ccc(S(N)(=O)=O)cc1Br. The van der Waals surface area contributed by atoms with E-state index in [2.05, 4.69) is 15.9 Å². The highest BCUT2D eigenvalue weighted by atomic mass is 79.9. The third-order valence-corrected chi connectivity index (χ3v) is 3.49. The second-order valence-corrected chi connectivity index (χ2v) is 5.94. The third kappa shape index (κ3) is 4.27. The van der Waals surface area contributed by atoms with Crippen molar-refractivity contribution in [2.45, 2.75) is 17.9 Å². The van der Waals surface area contributed by atoms with E-state index in [1.165, 1.54) is 12.1 Å². The quantitative estimate of drug-likeness (QED) is 0.890. The Kier molecular flexibility index (Phi) is 4.93. The van der Waals surface area contributed by atoms with Crippen LogP contribution >= 0.6 is 15.9 Å². The molecule has 1 atom stereocenters. The second kappa shape index (κ2) is 5.81. The predicted octanol–water partition coefficient (Wildman–Crippen LogP) is 1.51. The first-order valence-electron chi connectivity index (χ1n) is 4.82. The van der Waals surface area contributed by atoms with Crippen molar-refractivity contribution in [1.82, 2.24) is 0 Å². The fraction of sp³-hybridized carbons (Fsp3) is 0.400. The molecule has 0 bridgehead atoms. The maximum atomic E-state index is 11.1. The Bertz CT molecular complexity index is 489. The lowest BCUT2D eigenvalue weighted by Gasteiger charge is -2.15. The standard InChI is InChI=1S/C10H14BrNO4S/c1-7(6-15-2)16-10-4-3-8(5-9(10)11)17(12,13)14/h3-5,7H,6H2,1-2H3,(H2,12,13,14). The summed E-state index contributed by atoms with van der Waals surface area (Å²) >= 11 is 3.23. The first-order valence-corrected chi connectivity index (χ1v) is 7.16.